The molecule has 0 radical (unpaired) electrons. The molecule has 0 unspecified atom stereocenters. The van der Waals surface area contributed by atoms with Gasteiger partial charge in [-0.05, 0) is 25.2 Å². The normalized spacial score (nSPS) is 11.6. The number of nitrogens with two attached hydrogens (primary N) is 1. The second-order valence-electron chi connectivity index (χ2n) is 4.14. The lowest BCUT2D eigenvalue weighted by molar-refractivity contribution is 0.202. The van der Waals surface area contributed by atoms with E-state index in [-0.39, 0.29) is 11.5 Å². The zero-order chi connectivity index (χ0) is 15.2. The molecule has 1 aromatic rings. The summed E-state index contributed by atoms with van der Waals surface area (Å²) in [5, 5.41) is 9.13. The van der Waals surface area contributed by atoms with E-state index < -0.39 is 10.0 Å². The Morgan fingerprint density at radius 3 is 2.65 bits per heavy atom. The molecule has 0 aliphatic rings. The molecule has 8 heteroatoms. The molecular formula is C12H21N3O4S. The van der Waals surface area contributed by atoms with Gasteiger partial charge in [0.05, 0.1) is 18.9 Å². The molecule has 20 heavy (non-hydrogen) atoms. The molecule has 0 aliphatic heterocycles. The summed E-state index contributed by atoms with van der Waals surface area (Å²) in [6, 6.07) is 4.66. The maximum atomic E-state index is 12.1. The van der Waals surface area contributed by atoms with Crippen molar-refractivity contribution in [3.05, 3.63) is 18.2 Å². The Morgan fingerprint density at radius 2 is 2.10 bits per heavy atom. The van der Waals surface area contributed by atoms with E-state index in [2.05, 4.69) is 4.72 Å². The van der Waals surface area contributed by atoms with Gasteiger partial charge in [0.25, 0.3) is 0 Å². The Labute approximate surface area is 119 Å². The number of aliphatic hydroxyl groups is 1. The van der Waals surface area contributed by atoms with E-state index >= 15 is 0 Å². The molecule has 1 aromatic carbocycles. The van der Waals surface area contributed by atoms with Crippen LogP contribution in [0.15, 0.2) is 23.1 Å². The van der Waals surface area contributed by atoms with Crippen LogP contribution < -0.4 is 15.4 Å². The van der Waals surface area contributed by atoms with Gasteiger partial charge in [0, 0.05) is 25.9 Å². The van der Waals surface area contributed by atoms with Crippen LogP contribution in [0, 0.1) is 0 Å². The molecule has 0 bridgehead atoms. The second kappa shape index (κ2) is 7.44. The predicted octanol–water partition coefficient (Wildman–Crippen LogP) is -0.378. The number of ether oxygens (including phenoxy) is 1. The number of nitrogens with zero attached hydrogens (tertiary/aromatic N) is 1. The number of hydrogen-bond donors (Lipinski definition) is 3. The lowest BCUT2D eigenvalue weighted by atomic mass is 10.2. The van der Waals surface area contributed by atoms with E-state index in [1.165, 1.54) is 13.1 Å². The quantitative estimate of drug-likeness (QED) is 0.566. The zero-order valence-electron chi connectivity index (χ0n) is 11.7. The fourth-order valence-corrected chi connectivity index (χ4v) is 2.78. The molecule has 0 fully saturated rings. The minimum Gasteiger partial charge on any atom is -0.399 e. The molecule has 0 spiro atoms. The maximum Gasteiger partial charge on any atom is 0.242 e. The van der Waals surface area contributed by atoms with Crippen molar-refractivity contribution < 1.29 is 18.3 Å². The van der Waals surface area contributed by atoms with Gasteiger partial charge in [0.1, 0.15) is 4.90 Å². The third kappa shape index (κ3) is 4.07. The van der Waals surface area contributed by atoms with Crippen LogP contribution in [0.1, 0.15) is 0 Å². The molecule has 0 aliphatic carbocycles. The van der Waals surface area contributed by atoms with Crippen LogP contribution in [0.4, 0.5) is 11.4 Å². The summed E-state index contributed by atoms with van der Waals surface area (Å²) < 4.78 is 31.4. The van der Waals surface area contributed by atoms with Crippen LogP contribution in [0.25, 0.3) is 0 Å². The van der Waals surface area contributed by atoms with Crippen LogP contribution in [-0.4, -0.2) is 54.0 Å². The van der Waals surface area contributed by atoms with Crippen molar-refractivity contribution >= 4 is 21.4 Å². The second-order valence-corrected chi connectivity index (χ2v) is 5.99. The number of hydrogen-bond acceptors (Lipinski definition) is 6. The summed E-state index contributed by atoms with van der Waals surface area (Å²) in [7, 11) is -0.732. The number of benzene rings is 1. The fraction of sp³-hybridized carbons (Fsp3) is 0.500. The summed E-state index contributed by atoms with van der Waals surface area (Å²) >= 11 is 0. The summed E-state index contributed by atoms with van der Waals surface area (Å²) in [6.07, 6.45) is 0. The van der Waals surface area contributed by atoms with Crippen molar-refractivity contribution in [2.45, 2.75) is 4.90 Å². The van der Waals surface area contributed by atoms with Gasteiger partial charge in [-0.1, -0.05) is 0 Å². The average molecular weight is 303 g/mol. The first-order chi connectivity index (χ1) is 9.46. The molecule has 0 saturated carbocycles. The minimum absolute atomic E-state index is 0.0875. The first-order valence-corrected chi connectivity index (χ1v) is 7.62. The average Bonchev–Trinajstić information content (AvgIpc) is 2.43. The molecule has 0 aromatic heterocycles. The summed E-state index contributed by atoms with van der Waals surface area (Å²) in [5.41, 5.74) is 6.51. The first-order valence-electron chi connectivity index (χ1n) is 6.14. The van der Waals surface area contributed by atoms with Gasteiger partial charge in [-0.2, -0.15) is 0 Å². The molecule has 4 N–H and O–H groups in total. The highest BCUT2D eigenvalue weighted by atomic mass is 32.2. The SMILES string of the molecule is CNS(=O)(=O)c1cc(N)ccc1N(CCO)CCOC. The Hall–Kier alpha value is -1.35. The molecule has 0 heterocycles. The smallest absolute Gasteiger partial charge is 0.242 e. The van der Waals surface area contributed by atoms with E-state index in [9.17, 15) is 8.42 Å². The molecule has 7 nitrogen and oxygen atoms in total. The highest BCUT2D eigenvalue weighted by molar-refractivity contribution is 7.89. The molecular weight excluding hydrogens is 282 g/mol. The molecule has 114 valence electrons. The van der Waals surface area contributed by atoms with Gasteiger partial charge >= 0.3 is 0 Å². The van der Waals surface area contributed by atoms with E-state index in [0.717, 1.165) is 0 Å². The molecule has 1 rings (SSSR count). The van der Waals surface area contributed by atoms with Crippen molar-refractivity contribution in [2.75, 3.05) is 51.1 Å². The predicted molar refractivity (Wildman–Crippen MR) is 78.3 cm³/mol. The Balaban J connectivity index is 3.26. The van der Waals surface area contributed by atoms with Crippen LogP contribution in [0.3, 0.4) is 0 Å². The lowest BCUT2D eigenvalue weighted by Crippen LogP contribution is -2.32. The number of rotatable bonds is 8. The largest absolute Gasteiger partial charge is 0.399 e. The van der Waals surface area contributed by atoms with Crippen molar-refractivity contribution in [2.24, 2.45) is 0 Å². The van der Waals surface area contributed by atoms with Crippen molar-refractivity contribution in [1.29, 1.82) is 0 Å². The Bertz CT molecular complexity index is 534. The fourth-order valence-electron chi connectivity index (χ4n) is 1.79. The van der Waals surface area contributed by atoms with Gasteiger partial charge in [-0.3, -0.25) is 0 Å². The van der Waals surface area contributed by atoms with Crippen molar-refractivity contribution in [1.82, 2.24) is 4.72 Å². The number of anilines is 2. The number of sulfonamides is 1. The van der Waals surface area contributed by atoms with Crippen LogP contribution >= 0.6 is 0 Å². The van der Waals surface area contributed by atoms with Crippen molar-refractivity contribution in [3.8, 4) is 0 Å². The van der Waals surface area contributed by atoms with Crippen LogP contribution in [-0.2, 0) is 14.8 Å². The summed E-state index contributed by atoms with van der Waals surface area (Å²) in [6.45, 7) is 1.10. The minimum atomic E-state index is -3.63. The highest BCUT2D eigenvalue weighted by Crippen LogP contribution is 2.27. The van der Waals surface area contributed by atoms with Crippen LogP contribution in [0.5, 0.6) is 0 Å². The van der Waals surface area contributed by atoms with Gasteiger partial charge < -0.3 is 20.5 Å². The Morgan fingerprint density at radius 1 is 1.40 bits per heavy atom. The highest BCUT2D eigenvalue weighted by Gasteiger charge is 2.20. The summed E-state index contributed by atoms with van der Waals surface area (Å²) in [4.78, 5) is 1.83. The standard InChI is InChI=1S/C12H21N3O4S/c1-14-20(17,18)12-9-10(13)3-4-11(12)15(5-7-16)6-8-19-2/h3-4,9,14,16H,5-8,13H2,1-2H3. The molecule has 0 saturated heterocycles. The van der Waals surface area contributed by atoms with Gasteiger partial charge in [0.2, 0.25) is 10.0 Å². The van der Waals surface area contributed by atoms with E-state index in [1.807, 2.05) is 0 Å². The number of aliphatic hydroxyl groups excluding tert-OH is 1. The van der Waals surface area contributed by atoms with Gasteiger partial charge in [0.15, 0.2) is 0 Å². The molecule has 0 atom stereocenters. The van der Waals surface area contributed by atoms with E-state index in [4.69, 9.17) is 15.6 Å². The lowest BCUT2D eigenvalue weighted by Gasteiger charge is -2.26. The van der Waals surface area contributed by atoms with E-state index in [1.54, 1.807) is 24.1 Å². The number of methoxy groups -OCH3 is 1. The van der Waals surface area contributed by atoms with Crippen molar-refractivity contribution in [3.63, 3.8) is 0 Å². The van der Waals surface area contributed by atoms with E-state index in [0.29, 0.717) is 31.1 Å². The third-order valence-corrected chi connectivity index (χ3v) is 4.26. The number of nitrogen functional groups attached to an aromatic ring is 1. The van der Waals surface area contributed by atoms with Gasteiger partial charge in [-0.25, -0.2) is 13.1 Å². The Kier molecular flexibility index (Phi) is 6.21. The number of nitrogens with one attached hydrogen (secondary N) is 1. The molecule has 0 amide bonds. The summed E-state index contributed by atoms with van der Waals surface area (Å²) in [5.74, 6) is 0. The third-order valence-electron chi connectivity index (χ3n) is 2.82. The first kappa shape index (κ1) is 16.7. The van der Waals surface area contributed by atoms with Crippen LogP contribution in [0.2, 0.25) is 0 Å². The maximum absolute atomic E-state index is 12.1. The zero-order valence-corrected chi connectivity index (χ0v) is 12.5. The van der Waals surface area contributed by atoms with Gasteiger partial charge in [-0.15, -0.1) is 0 Å². The topological polar surface area (TPSA) is 105 Å². The monoisotopic (exact) mass is 303 g/mol.